The van der Waals surface area contributed by atoms with Crippen molar-refractivity contribution in [2.45, 2.75) is 19.9 Å². The van der Waals surface area contributed by atoms with Crippen LogP contribution in [0.5, 0.6) is 0 Å². The van der Waals surface area contributed by atoms with Gasteiger partial charge < -0.3 is 20.2 Å². The average molecular weight is 520 g/mol. The van der Waals surface area contributed by atoms with E-state index in [0.717, 1.165) is 22.2 Å². The summed E-state index contributed by atoms with van der Waals surface area (Å²) in [4.78, 5) is 16.1. The minimum Gasteiger partial charge on any atom is -0.512 e. The SMILES string of the molecule is CC(=N)/C(=C(/C)O)c1ccc2c(-c3ccc(C(=O)O)c(F)c3)cn(C(c3ccccc3)c3ccccn3)c2c1. The third-order valence-corrected chi connectivity index (χ3v) is 6.73. The summed E-state index contributed by atoms with van der Waals surface area (Å²) in [5, 5.41) is 28.7. The van der Waals surface area contributed by atoms with Gasteiger partial charge in [0.1, 0.15) is 11.9 Å². The highest BCUT2D eigenvalue weighted by molar-refractivity contribution is 6.22. The van der Waals surface area contributed by atoms with Crippen molar-refractivity contribution < 1.29 is 19.4 Å². The van der Waals surface area contributed by atoms with Crippen LogP contribution in [0.25, 0.3) is 27.6 Å². The first-order valence-electron chi connectivity index (χ1n) is 12.4. The number of carboxylic acid groups (broad SMARTS) is 1. The van der Waals surface area contributed by atoms with Gasteiger partial charge in [0.2, 0.25) is 0 Å². The van der Waals surface area contributed by atoms with Crippen LogP contribution in [0.2, 0.25) is 0 Å². The summed E-state index contributed by atoms with van der Waals surface area (Å²) in [6.45, 7) is 3.17. The van der Waals surface area contributed by atoms with E-state index in [2.05, 4.69) is 9.55 Å². The molecule has 3 aromatic carbocycles. The standard InChI is InChI=1S/C32H26FN3O3/c1-19(34)30(20(2)37)23-12-13-24-26(22-11-14-25(32(38)39)27(33)16-22)18-36(29(24)17-23)31(21-8-4-3-5-9-21)28-10-6-7-15-35-28/h3-18,31,34,37H,1-2H3,(H,38,39)/b30-20+,34-19?. The van der Waals surface area contributed by atoms with Crippen molar-refractivity contribution in [2.75, 3.05) is 0 Å². The lowest BCUT2D eigenvalue weighted by Gasteiger charge is -2.21. The van der Waals surface area contributed by atoms with Crippen LogP contribution >= 0.6 is 0 Å². The summed E-state index contributed by atoms with van der Waals surface area (Å²) < 4.78 is 16.8. The Hall–Kier alpha value is -5.04. The van der Waals surface area contributed by atoms with E-state index in [9.17, 15) is 19.4 Å². The molecule has 3 N–H and O–H groups in total. The number of rotatable bonds is 7. The third-order valence-electron chi connectivity index (χ3n) is 6.73. The van der Waals surface area contributed by atoms with Crippen molar-refractivity contribution >= 4 is 28.2 Å². The first-order valence-corrected chi connectivity index (χ1v) is 12.4. The smallest absolute Gasteiger partial charge is 0.338 e. The molecule has 1 unspecified atom stereocenters. The van der Waals surface area contributed by atoms with Gasteiger partial charge in [-0.15, -0.1) is 0 Å². The Bertz CT molecular complexity index is 1700. The number of halogens is 1. The van der Waals surface area contributed by atoms with Gasteiger partial charge in [0.25, 0.3) is 0 Å². The second-order valence-corrected chi connectivity index (χ2v) is 9.33. The molecule has 5 aromatic rings. The fraction of sp³-hybridized carbons (Fsp3) is 0.0938. The molecule has 0 radical (unpaired) electrons. The third kappa shape index (κ3) is 4.82. The largest absolute Gasteiger partial charge is 0.512 e. The Morgan fingerprint density at radius 2 is 1.69 bits per heavy atom. The van der Waals surface area contributed by atoms with Crippen molar-refractivity contribution in [1.29, 1.82) is 5.41 Å². The zero-order chi connectivity index (χ0) is 27.7. The number of pyridine rings is 1. The first-order chi connectivity index (χ1) is 18.8. The lowest BCUT2D eigenvalue weighted by molar-refractivity contribution is 0.0692. The molecule has 39 heavy (non-hydrogen) atoms. The predicted molar refractivity (Wildman–Crippen MR) is 151 cm³/mol. The molecule has 2 heterocycles. The average Bonchev–Trinajstić information content (AvgIpc) is 3.28. The maximum atomic E-state index is 14.8. The van der Waals surface area contributed by atoms with Gasteiger partial charge in [0.15, 0.2) is 0 Å². The van der Waals surface area contributed by atoms with Crippen molar-refractivity contribution in [3.63, 3.8) is 0 Å². The monoisotopic (exact) mass is 519 g/mol. The molecule has 0 aliphatic rings. The second-order valence-electron chi connectivity index (χ2n) is 9.33. The summed E-state index contributed by atoms with van der Waals surface area (Å²) in [7, 11) is 0. The number of carbonyl (C=O) groups is 1. The summed E-state index contributed by atoms with van der Waals surface area (Å²) >= 11 is 0. The van der Waals surface area contributed by atoms with Gasteiger partial charge in [-0.25, -0.2) is 9.18 Å². The van der Waals surface area contributed by atoms with Gasteiger partial charge in [-0.1, -0.05) is 54.6 Å². The van der Waals surface area contributed by atoms with Crippen LogP contribution in [0.15, 0.2) is 103 Å². The number of aliphatic hydroxyl groups excluding tert-OH is 1. The molecule has 0 aliphatic carbocycles. The number of aromatic nitrogens is 2. The molecule has 0 amide bonds. The highest BCUT2D eigenvalue weighted by atomic mass is 19.1. The topological polar surface area (TPSA) is 99.2 Å². The minimum atomic E-state index is -1.33. The summed E-state index contributed by atoms with van der Waals surface area (Å²) in [5.74, 6) is -2.11. The molecule has 0 saturated carbocycles. The van der Waals surface area contributed by atoms with Crippen LogP contribution in [0.3, 0.4) is 0 Å². The van der Waals surface area contributed by atoms with E-state index in [0.29, 0.717) is 22.3 Å². The van der Waals surface area contributed by atoms with Gasteiger partial charge in [-0.2, -0.15) is 0 Å². The lowest BCUT2D eigenvalue weighted by atomic mass is 9.97. The van der Waals surface area contributed by atoms with Gasteiger partial charge in [0.05, 0.1) is 22.5 Å². The van der Waals surface area contributed by atoms with E-state index in [1.165, 1.54) is 12.1 Å². The number of fused-ring (bicyclic) bond motifs is 1. The molecule has 0 spiro atoms. The zero-order valence-corrected chi connectivity index (χ0v) is 21.4. The predicted octanol–water partition coefficient (Wildman–Crippen LogP) is 7.51. The van der Waals surface area contributed by atoms with Crippen LogP contribution in [-0.2, 0) is 0 Å². The molecule has 0 saturated heterocycles. The fourth-order valence-electron chi connectivity index (χ4n) is 5.05. The Balaban J connectivity index is 1.84. The Morgan fingerprint density at radius 3 is 2.31 bits per heavy atom. The van der Waals surface area contributed by atoms with Crippen molar-refractivity contribution in [3.05, 3.63) is 131 Å². The molecule has 1 atom stereocenters. The lowest BCUT2D eigenvalue weighted by Crippen LogP contribution is -2.13. The molecule has 194 valence electrons. The van der Waals surface area contributed by atoms with Gasteiger partial charge in [-0.3, -0.25) is 4.98 Å². The van der Waals surface area contributed by atoms with Gasteiger partial charge >= 0.3 is 5.97 Å². The number of aliphatic hydroxyl groups is 1. The Labute approximate surface area is 224 Å². The normalized spacial score (nSPS) is 12.7. The maximum Gasteiger partial charge on any atom is 0.338 e. The minimum absolute atomic E-state index is 0.0378. The van der Waals surface area contributed by atoms with Crippen molar-refractivity contribution in [3.8, 4) is 11.1 Å². The summed E-state index contributed by atoms with van der Waals surface area (Å²) in [6, 6.07) is 25.0. The number of allylic oxidation sites excluding steroid dienone is 2. The number of hydrogen-bond acceptors (Lipinski definition) is 4. The molecule has 0 aliphatic heterocycles. The van der Waals surface area contributed by atoms with Crippen molar-refractivity contribution in [1.82, 2.24) is 9.55 Å². The van der Waals surface area contributed by atoms with Crippen LogP contribution < -0.4 is 0 Å². The van der Waals surface area contributed by atoms with Crippen molar-refractivity contribution in [2.24, 2.45) is 0 Å². The zero-order valence-electron chi connectivity index (χ0n) is 21.4. The number of nitrogens with one attached hydrogen (secondary N) is 1. The highest BCUT2D eigenvalue weighted by Crippen LogP contribution is 2.38. The summed E-state index contributed by atoms with van der Waals surface area (Å²) in [6.07, 6.45) is 3.65. The number of carboxylic acids is 1. The molecule has 0 bridgehead atoms. The quantitative estimate of drug-likeness (QED) is 0.153. The van der Waals surface area contributed by atoms with Crippen LogP contribution in [0.4, 0.5) is 4.39 Å². The Morgan fingerprint density at radius 1 is 0.949 bits per heavy atom. The molecular formula is C32H26FN3O3. The van der Waals surface area contributed by atoms with E-state index in [1.54, 1.807) is 26.1 Å². The molecule has 5 rings (SSSR count). The van der Waals surface area contributed by atoms with E-state index in [4.69, 9.17) is 5.41 Å². The number of benzene rings is 3. The first kappa shape index (κ1) is 25.6. The van der Waals surface area contributed by atoms with E-state index in [1.807, 2.05) is 72.9 Å². The van der Waals surface area contributed by atoms with E-state index >= 15 is 0 Å². The summed E-state index contributed by atoms with van der Waals surface area (Å²) in [5.41, 5.74) is 4.72. The number of aromatic carboxylic acids is 1. The molecular weight excluding hydrogens is 493 g/mol. The number of hydrogen-bond donors (Lipinski definition) is 3. The van der Waals surface area contributed by atoms with E-state index in [-0.39, 0.29) is 17.5 Å². The highest BCUT2D eigenvalue weighted by Gasteiger charge is 2.23. The second kappa shape index (κ2) is 10.4. The maximum absolute atomic E-state index is 14.8. The van der Waals surface area contributed by atoms with E-state index < -0.39 is 17.3 Å². The van der Waals surface area contributed by atoms with Gasteiger partial charge in [-0.05, 0) is 60.9 Å². The van der Waals surface area contributed by atoms with Gasteiger partial charge in [0, 0.05) is 34.6 Å². The molecule has 6 nitrogen and oxygen atoms in total. The van der Waals surface area contributed by atoms with Crippen LogP contribution in [0, 0.1) is 11.2 Å². The number of nitrogens with zero attached hydrogens (tertiary/aromatic N) is 2. The Kier molecular flexibility index (Phi) is 6.81. The van der Waals surface area contributed by atoms with Crippen LogP contribution in [0.1, 0.15) is 47.1 Å². The molecule has 2 aromatic heterocycles. The van der Waals surface area contributed by atoms with Crippen LogP contribution in [-0.4, -0.2) is 31.4 Å². The molecule has 0 fully saturated rings. The molecule has 7 heteroatoms. The fourth-order valence-corrected chi connectivity index (χ4v) is 5.05.